The van der Waals surface area contributed by atoms with E-state index in [9.17, 15) is 0 Å². The quantitative estimate of drug-likeness (QED) is 0.276. The molecule has 4 heteroatoms. The summed E-state index contributed by atoms with van der Waals surface area (Å²) >= 11 is 0. The van der Waals surface area contributed by atoms with Gasteiger partial charge in [-0.05, 0) is 38.5 Å². The van der Waals surface area contributed by atoms with Crippen molar-refractivity contribution in [3.8, 4) is 0 Å². The standard InChI is InChI=1S/C22H42O4/c1-2-3-4-5-6-7-8-9-10-11-12-13-14-15-16-17-22-25-20(18-23)21(19-24)26-22/h9-10,20-24H,2-8,11-19H2,1H3/b10-9-/t20-,21+,22?. The minimum Gasteiger partial charge on any atom is -0.394 e. The molecule has 3 atom stereocenters. The summed E-state index contributed by atoms with van der Waals surface area (Å²) in [5, 5.41) is 18.3. The lowest BCUT2D eigenvalue weighted by Gasteiger charge is -2.09. The van der Waals surface area contributed by atoms with Gasteiger partial charge in [-0.3, -0.25) is 0 Å². The van der Waals surface area contributed by atoms with E-state index in [0.29, 0.717) is 0 Å². The van der Waals surface area contributed by atoms with E-state index in [4.69, 9.17) is 19.7 Å². The first kappa shape index (κ1) is 23.6. The summed E-state index contributed by atoms with van der Waals surface area (Å²) in [6.45, 7) is 2.09. The topological polar surface area (TPSA) is 58.9 Å². The molecule has 154 valence electrons. The normalized spacial score (nSPS) is 23.3. The van der Waals surface area contributed by atoms with Gasteiger partial charge in [0, 0.05) is 0 Å². The summed E-state index contributed by atoms with van der Waals surface area (Å²) in [5.74, 6) is 0. The Morgan fingerprint density at radius 2 is 1.12 bits per heavy atom. The molecule has 1 saturated heterocycles. The number of rotatable bonds is 17. The van der Waals surface area contributed by atoms with Crippen LogP contribution < -0.4 is 0 Å². The summed E-state index contributed by atoms with van der Waals surface area (Å²) in [6, 6.07) is 0. The maximum atomic E-state index is 9.17. The van der Waals surface area contributed by atoms with E-state index in [1.54, 1.807) is 0 Å². The third kappa shape index (κ3) is 11.3. The average Bonchev–Trinajstić information content (AvgIpc) is 3.07. The van der Waals surface area contributed by atoms with E-state index in [0.717, 1.165) is 12.8 Å². The van der Waals surface area contributed by atoms with Gasteiger partial charge in [0.05, 0.1) is 13.2 Å². The SMILES string of the molecule is CCCCCCCC/C=C\CCCCCCCC1O[C@@H](CO)[C@@H](CO)O1. The zero-order valence-corrected chi connectivity index (χ0v) is 16.9. The molecular weight excluding hydrogens is 328 g/mol. The van der Waals surface area contributed by atoms with E-state index in [-0.39, 0.29) is 31.7 Å². The average molecular weight is 371 g/mol. The van der Waals surface area contributed by atoms with Gasteiger partial charge in [-0.25, -0.2) is 0 Å². The van der Waals surface area contributed by atoms with Crippen LogP contribution in [0.3, 0.4) is 0 Å². The lowest BCUT2D eigenvalue weighted by molar-refractivity contribution is -0.0793. The van der Waals surface area contributed by atoms with Crippen LogP contribution in [0.25, 0.3) is 0 Å². The number of hydrogen-bond acceptors (Lipinski definition) is 4. The molecule has 1 unspecified atom stereocenters. The summed E-state index contributed by atoms with van der Waals surface area (Å²) in [7, 11) is 0. The van der Waals surface area contributed by atoms with E-state index >= 15 is 0 Å². The number of allylic oxidation sites excluding steroid dienone is 2. The summed E-state index contributed by atoms with van der Waals surface area (Å²) in [5.41, 5.74) is 0. The molecule has 0 aliphatic carbocycles. The van der Waals surface area contributed by atoms with E-state index < -0.39 is 0 Å². The van der Waals surface area contributed by atoms with Gasteiger partial charge in [0.1, 0.15) is 12.2 Å². The maximum absolute atomic E-state index is 9.17. The molecule has 2 N–H and O–H groups in total. The fourth-order valence-corrected chi connectivity index (χ4v) is 3.44. The zero-order chi connectivity index (χ0) is 18.9. The predicted octanol–water partition coefficient (Wildman–Crippen LogP) is 5.12. The molecule has 0 radical (unpaired) electrons. The van der Waals surface area contributed by atoms with Crippen molar-refractivity contribution < 1.29 is 19.7 Å². The largest absolute Gasteiger partial charge is 0.394 e. The molecule has 26 heavy (non-hydrogen) atoms. The first-order valence-corrected chi connectivity index (χ1v) is 11.0. The summed E-state index contributed by atoms with van der Waals surface area (Å²) < 4.78 is 11.2. The van der Waals surface area contributed by atoms with Gasteiger partial charge in [-0.1, -0.05) is 70.4 Å². The van der Waals surface area contributed by atoms with Crippen LogP contribution in [0.1, 0.15) is 96.8 Å². The summed E-state index contributed by atoms with van der Waals surface area (Å²) in [4.78, 5) is 0. The van der Waals surface area contributed by atoms with Crippen molar-refractivity contribution in [1.29, 1.82) is 0 Å². The molecular formula is C22H42O4. The van der Waals surface area contributed by atoms with Crippen molar-refractivity contribution in [2.75, 3.05) is 13.2 Å². The molecule has 1 rings (SSSR count). The monoisotopic (exact) mass is 370 g/mol. The highest BCUT2D eigenvalue weighted by atomic mass is 16.7. The third-order valence-electron chi connectivity index (χ3n) is 5.13. The highest BCUT2D eigenvalue weighted by molar-refractivity contribution is 4.81. The van der Waals surface area contributed by atoms with Crippen molar-refractivity contribution in [2.24, 2.45) is 0 Å². The Kier molecular flexibility index (Phi) is 15.2. The van der Waals surface area contributed by atoms with Crippen molar-refractivity contribution >= 4 is 0 Å². The molecule has 0 aromatic rings. The van der Waals surface area contributed by atoms with E-state index in [1.807, 2.05) is 0 Å². The second-order valence-corrected chi connectivity index (χ2v) is 7.52. The van der Waals surface area contributed by atoms with Crippen LogP contribution in [0.5, 0.6) is 0 Å². The third-order valence-corrected chi connectivity index (χ3v) is 5.13. The van der Waals surface area contributed by atoms with Gasteiger partial charge in [-0.2, -0.15) is 0 Å². The Balaban J connectivity index is 1.83. The van der Waals surface area contributed by atoms with Crippen LogP contribution >= 0.6 is 0 Å². The molecule has 4 nitrogen and oxygen atoms in total. The highest BCUT2D eigenvalue weighted by Gasteiger charge is 2.34. The minimum atomic E-state index is -0.367. The lowest BCUT2D eigenvalue weighted by Crippen LogP contribution is -2.29. The van der Waals surface area contributed by atoms with Gasteiger partial charge in [-0.15, -0.1) is 0 Å². The van der Waals surface area contributed by atoms with Crippen molar-refractivity contribution in [2.45, 2.75) is 115 Å². The van der Waals surface area contributed by atoms with Crippen molar-refractivity contribution in [3.63, 3.8) is 0 Å². The van der Waals surface area contributed by atoms with Gasteiger partial charge in [0.15, 0.2) is 6.29 Å². The Labute approximate surface area is 161 Å². The molecule has 1 aliphatic rings. The van der Waals surface area contributed by atoms with Crippen LogP contribution in [0.15, 0.2) is 12.2 Å². The van der Waals surface area contributed by atoms with Gasteiger partial charge < -0.3 is 19.7 Å². The Morgan fingerprint density at radius 3 is 1.62 bits per heavy atom. The van der Waals surface area contributed by atoms with Gasteiger partial charge in [0.25, 0.3) is 0 Å². The number of aliphatic hydroxyl groups excluding tert-OH is 2. The van der Waals surface area contributed by atoms with Crippen molar-refractivity contribution in [3.05, 3.63) is 12.2 Å². The van der Waals surface area contributed by atoms with E-state index in [1.165, 1.54) is 77.0 Å². The minimum absolute atomic E-state index is 0.0892. The molecule has 1 heterocycles. The first-order chi connectivity index (χ1) is 12.8. The molecule has 0 spiro atoms. The second kappa shape index (κ2) is 16.7. The molecule has 0 amide bonds. The van der Waals surface area contributed by atoms with Gasteiger partial charge >= 0.3 is 0 Å². The van der Waals surface area contributed by atoms with Crippen LogP contribution in [0.2, 0.25) is 0 Å². The Morgan fingerprint density at radius 1 is 0.654 bits per heavy atom. The fourth-order valence-electron chi connectivity index (χ4n) is 3.44. The molecule has 1 aliphatic heterocycles. The number of aliphatic hydroxyl groups is 2. The smallest absolute Gasteiger partial charge is 0.158 e. The Bertz CT molecular complexity index is 320. The summed E-state index contributed by atoms with van der Waals surface area (Å²) in [6.07, 6.45) is 21.4. The van der Waals surface area contributed by atoms with Gasteiger partial charge in [0.2, 0.25) is 0 Å². The second-order valence-electron chi connectivity index (χ2n) is 7.52. The Hall–Kier alpha value is -0.420. The molecule has 0 aromatic carbocycles. The van der Waals surface area contributed by atoms with Crippen LogP contribution in [-0.2, 0) is 9.47 Å². The zero-order valence-electron chi connectivity index (χ0n) is 16.9. The number of ether oxygens (including phenoxy) is 2. The highest BCUT2D eigenvalue weighted by Crippen LogP contribution is 2.23. The van der Waals surface area contributed by atoms with E-state index in [2.05, 4.69) is 19.1 Å². The number of hydrogen-bond donors (Lipinski definition) is 2. The van der Waals surface area contributed by atoms with Crippen LogP contribution in [-0.4, -0.2) is 41.9 Å². The first-order valence-electron chi connectivity index (χ1n) is 11.0. The maximum Gasteiger partial charge on any atom is 0.158 e. The fraction of sp³-hybridized carbons (Fsp3) is 0.909. The van der Waals surface area contributed by atoms with Crippen molar-refractivity contribution in [1.82, 2.24) is 0 Å². The molecule has 0 saturated carbocycles. The number of unbranched alkanes of at least 4 members (excludes halogenated alkanes) is 11. The van der Waals surface area contributed by atoms with Crippen LogP contribution in [0, 0.1) is 0 Å². The molecule has 0 aromatic heterocycles. The molecule has 1 fully saturated rings. The van der Waals surface area contributed by atoms with Crippen LogP contribution in [0.4, 0.5) is 0 Å². The lowest BCUT2D eigenvalue weighted by atomic mass is 10.1. The molecule has 0 bridgehead atoms. The predicted molar refractivity (Wildman–Crippen MR) is 107 cm³/mol.